The first-order valence-electron chi connectivity index (χ1n) is 10.5. The molecule has 1 N–H and O–H groups in total. The molecule has 28 heavy (non-hydrogen) atoms. The zero-order chi connectivity index (χ0) is 19.1. The Morgan fingerprint density at radius 1 is 1.29 bits per heavy atom. The van der Waals surface area contributed by atoms with Crippen LogP contribution < -0.4 is 10.6 Å². The van der Waals surface area contributed by atoms with Crippen molar-refractivity contribution >= 4 is 33.5 Å². The van der Waals surface area contributed by atoms with Crippen LogP contribution in [0.4, 0.5) is 0 Å². The summed E-state index contributed by atoms with van der Waals surface area (Å²) < 4.78 is 2.31. The Morgan fingerprint density at radius 2 is 2.18 bits per heavy atom. The molecule has 1 unspecified atom stereocenters. The number of nitrogens with zero attached hydrogens (tertiary/aromatic N) is 3. The van der Waals surface area contributed by atoms with Gasteiger partial charge in [0.05, 0.1) is 6.20 Å². The van der Waals surface area contributed by atoms with Gasteiger partial charge in [0.1, 0.15) is 0 Å². The Labute approximate surface area is 173 Å². The van der Waals surface area contributed by atoms with E-state index in [2.05, 4.69) is 53.9 Å². The second-order valence-electron chi connectivity index (χ2n) is 8.29. The monoisotopic (exact) mass is 442 g/mol. The van der Waals surface area contributed by atoms with Crippen molar-refractivity contribution in [3.05, 3.63) is 40.3 Å². The number of H-pyrrole nitrogens is 1. The van der Waals surface area contributed by atoms with Crippen LogP contribution in [0.3, 0.4) is 0 Å². The first kappa shape index (κ1) is 18.2. The van der Waals surface area contributed by atoms with Crippen LogP contribution >= 0.6 is 15.9 Å². The molecule has 148 valence electrons. The number of fused-ring (bicyclic) bond motifs is 2. The molecule has 5 nitrogen and oxygen atoms in total. The SMILES string of the molecule is O=C(C1=c2ccn(CCCBr)c2=CCC1)N(C1CC1)C1CCc2[nH]ncc2C1. The number of halogens is 1. The third-order valence-corrected chi connectivity index (χ3v) is 6.97. The van der Waals surface area contributed by atoms with Crippen molar-refractivity contribution in [3.8, 4) is 0 Å². The van der Waals surface area contributed by atoms with E-state index >= 15 is 0 Å². The van der Waals surface area contributed by atoms with Crippen molar-refractivity contribution in [1.29, 1.82) is 0 Å². The molecule has 1 atom stereocenters. The van der Waals surface area contributed by atoms with Crippen molar-refractivity contribution in [2.24, 2.45) is 0 Å². The summed E-state index contributed by atoms with van der Waals surface area (Å²) in [6.45, 7) is 0.997. The minimum Gasteiger partial charge on any atom is -0.348 e. The highest BCUT2D eigenvalue weighted by Gasteiger charge is 2.40. The lowest BCUT2D eigenvalue weighted by Crippen LogP contribution is -2.47. The summed E-state index contributed by atoms with van der Waals surface area (Å²) >= 11 is 3.52. The number of hydrogen-bond donors (Lipinski definition) is 1. The van der Waals surface area contributed by atoms with E-state index in [9.17, 15) is 4.79 Å². The lowest BCUT2D eigenvalue weighted by atomic mass is 9.91. The van der Waals surface area contributed by atoms with Gasteiger partial charge in [0, 0.05) is 52.0 Å². The number of nitrogens with one attached hydrogen (secondary N) is 1. The summed E-state index contributed by atoms with van der Waals surface area (Å²) in [7, 11) is 0. The van der Waals surface area contributed by atoms with E-state index < -0.39 is 0 Å². The molecule has 0 aromatic carbocycles. The van der Waals surface area contributed by atoms with E-state index in [1.165, 1.54) is 16.6 Å². The van der Waals surface area contributed by atoms with Crippen LogP contribution in [0.2, 0.25) is 0 Å². The van der Waals surface area contributed by atoms with Crippen molar-refractivity contribution in [2.45, 2.75) is 70.0 Å². The summed E-state index contributed by atoms with van der Waals surface area (Å²) in [5, 5.41) is 10.7. The number of aryl methyl sites for hydroxylation is 2. The van der Waals surface area contributed by atoms with Crippen LogP contribution in [0.25, 0.3) is 11.6 Å². The number of aromatic amines is 1. The predicted octanol–water partition coefficient (Wildman–Crippen LogP) is 2.27. The molecule has 0 aliphatic heterocycles. The number of carbonyl (C=O) groups excluding carboxylic acids is 1. The summed E-state index contributed by atoms with van der Waals surface area (Å²) in [5.41, 5.74) is 3.57. The maximum absolute atomic E-state index is 13.8. The van der Waals surface area contributed by atoms with Gasteiger partial charge >= 0.3 is 0 Å². The van der Waals surface area contributed by atoms with E-state index in [4.69, 9.17) is 0 Å². The van der Waals surface area contributed by atoms with Gasteiger partial charge in [-0.2, -0.15) is 5.10 Å². The number of aromatic nitrogens is 3. The molecule has 2 heterocycles. The minimum atomic E-state index is 0.284. The summed E-state index contributed by atoms with van der Waals surface area (Å²) in [6, 6.07) is 2.90. The normalized spacial score (nSPS) is 21.0. The highest BCUT2D eigenvalue weighted by Crippen LogP contribution is 2.35. The average Bonchev–Trinajstić information content (AvgIpc) is 3.28. The zero-order valence-corrected chi connectivity index (χ0v) is 17.7. The van der Waals surface area contributed by atoms with Crippen molar-refractivity contribution in [1.82, 2.24) is 19.7 Å². The molecule has 2 aromatic heterocycles. The number of amides is 1. The number of alkyl halides is 1. The second-order valence-corrected chi connectivity index (χ2v) is 9.08. The molecular weight excluding hydrogens is 416 g/mol. The first-order valence-corrected chi connectivity index (χ1v) is 11.7. The highest BCUT2D eigenvalue weighted by atomic mass is 79.9. The van der Waals surface area contributed by atoms with Crippen LogP contribution in [0, 0.1) is 0 Å². The van der Waals surface area contributed by atoms with Crippen molar-refractivity contribution in [2.75, 3.05) is 5.33 Å². The first-order chi connectivity index (χ1) is 13.8. The Kier molecular flexibility index (Phi) is 4.91. The van der Waals surface area contributed by atoms with Crippen LogP contribution in [0.15, 0.2) is 18.5 Å². The van der Waals surface area contributed by atoms with Gasteiger partial charge in [-0.1, -0.05) is 22.0 Å². The Balaban J connectivity index is 1.47. The van der Waals surface area contributed by atoms with E-state index in [0.29, 0.717) is 12.1 Å². The standard InChI is InChI=1S/C22H27BrN4O/c23-10-2-11-26-12-9-18-19(3-1-4-21(18)26)22(28)27(16-5-6-16)17-7-8-20-15(13-17)14-24-25-20/h4,9,12,14,16-17H,1-3,5-8,10-11,13H2,(H,24,25). The molecule has 1 amide bonds. The summed E-state index contributed by atoms with van der Waals surface area (Å²) in [6.07, 6.45) is 14.6. The van der Waals surface area contributed by atoms with E-state index in [-0.39, 0.29) is 5.91 Å². The molecule has 0 bridgehead atoms. The molecule has 5 rings (SSSR count). The van der Waals surface area contributed by atoms with E-state index in [1.807, 2.05) is 6.20 Å². The molecule has 0 saturated heterocycles. The van der Waals surface area contributed by atoms with Gasteiger partial charge in [0.15, 0.2) is 0 Å². The average molecular weight is 443 g/mol. The molecule has 3 aliphatic rings. The van der Waals surface area contributed by atoms with Gasteiger partial charge in [0.2, 0.25) is 0 Å². The fourth-order valence-corrected chi connectivity index (χ4v) is 5.13. The topological polar surface area (TPSA) is 53.9 Å². The fraction of sp³-hybridized carbons (Fsp3) is 0.545. The van der Waals surface area contributed by atoms with Crippen LogP contribution in [0.1, 0.15) is 49.8 Å². The van der Waals surface area contributed by atoms with Crippen LogP contribution in [-0.2, 0) is 24.2 Å². The third kappa shape index (κ3) is 3.25. The smallest absolute Gasteiger partial charge is 0.250 e. The summed E-state index contributed by atoms with van der Waals surface area (Å²) in [5.74, 6) is 0.284. The van der Waals surface area contributed by atoms with Crippen molar-refractivity contribution in [3.63, 3.8) is 0 Å². The van der Waals surface area contributed by atoms with Gasteiger partial charge in [0.25, 0.3) is 5.91 Å². The fourth-order valence-electron chi connectivity index (χ4n) is 4.88. The third-order valence-electron chi connectivity index (χ3n) is 6.41. The lowest BCUT2D eigenvalue weighted by Gasteiger charge is -2.35. The Hall–Kier alpha value is -1.82. The number of hydrogen-bond acceptors (Lipinski definition) is 2. The molecule has 3 aliphatic carbocycles. The van der Waals surface area contributed by atoms with Gasteiger partial charge < -0.3 is 9.47 Å². The molecule has 6 heteroatoms. The quantitative estimate of drug-likeness (QED) is 0.697. The molecule has 2 aromatic rings. The number of carbonyl (C=O) groups is 1. The lowest BCUT2D eigenvalue weighted by molar-refractivity contribution is -0.128. The number of rotatable bonds is 6. The Bertz CT molecular complexity index is 1000. The van der Waals surface area contributed by atoms with Gasteiger partial charge in [-0.15, -0.1) is 0 Å². The molecule has 1 fully saturated rings. The zero-order valence-electron chi connectivity index (χ0n) is 16.2. The van der Waals surface area contributed by atoms with E-state index in [1.54, 1.807) is 0 Å². The van der Waals surface area contributed by atoms with Crippen molar-refractivity contribution < 1.29 is 4.79 Å². The van der Waals surface area contributed by atoms with Crippen LogP contribution in [0.5, 0.6) is 0 Å². The maximum atomic E-state index is 13.8. The highest BCUT2D eigenvalue weighted by molar-refractivity contribution is 9.09. The minimum absolute atomic E-state index is 0.284. The molecule has 1 saturated carbocycles. The Morgan fingerprint density at radius 3 is 3.00 bits per heavy atom. The van der Waals surface area contributed by atoms with E-state index in [0.717, 1.165) is 74.0 Å². The maximum Gasteiger partial charge on any atom is 0.250 e. The molecular formula is C22H27BrN4O. The second kappa shape index (κ2) is 7.54. The largest absolute Gasteiger partial charge is 0.348 e. The van der Waals surface area contributed by atoms with Gasteiger partial charge in [-0.25, -0.2) is 0 Å². The predicted molar refractivity (Wildman–Crippen MR) is 113 cm³/mol. The van der Waals surface area contributed by atoms with Gasteiger partial charge in [-0.05, 0) is 63.0 Å². The van der Waals surface area contributed by atoms with Crippen LogP contribution in [-0.4, -0.2) is 43.0 Å². The molecule has 0 spiro atoms. The summed E-state index contributed by atoms with van der Waals surface area (Å²) in [4.78, 5) is 16.0. The molecule has 0 radical (unpaired) electrons. The van der Waals surface area contributed by atoms with Gasteiger partial charge in [-0.3, -0.25) is 9.89 Å².